The predicted molar refractivity (Wildman–Crippen MR) is 89.4 cm³/mol. The topological polar surface area (TPSA) is 46.5 Å². The second-order valence-corrected chi connectivity index (χ2v) is 7.13. The number of ether oxygens (including phenoxy) is 1. The van der Waals surface area contributed by atoms with E-state index in [2.05, 4.69) is 32.9 Å². The summed E-state index contributed by atoms with van der Waals surface area (Å²) in [5, 5.41) is 10.9. The molecular formula is C20H24O3. The molecule has 23 heavy (non-hydrogen) atoms. The van der Waals surface area contributed by atoms with Gasteiger partial charge in [-0.25, -0.2) is 0 Å². The molecular weight excluding hydrogens is 288 g/mol. The Bertz CT molecular complexity index is 691. The number of ketones is 1. The lowest BCUT2D eigenvalue weighted by Gasteiger charge is -2.19. The summed E-state index contributed by atoms with van der Waals surface area (Å²) in [6.07, 6.45) is 3.70. The number of aryl methyl sites for hydroxylation is 3. The molecule has 2 heterocycles. The van der Waals surface area contributed by atoms with Crippen LogP contribution < -0.4 is 0 Å². The molecule has 3 heteroatoms. The van der Waals surface area contributed by atoms with Crippen LogP contribution in [0.3, 0.4) is 0 Å². The molecule has 2 fully saturated rings. The minimum absolute atomic E-state index is 0.0118. The van der Waals surface area contributed by atoms with Gasteiger partial charge >= 0.3 is 0 Å². The minimum Gasteiger partial charge on any atom is -0.511 e. The summed E-state index contributed by atoms with van der Waals surface area (Å²) in [6, 6.07) is 4.31. The van der Waals surface area contributed by atoms with E-state index < -0.39 is 0 Å². The summed E-state index contributed by atoms with van der Waals surface area (Å²) in [4.78, 5) is 13.1. The Balaban J connectivity index is 1.90. The van der Waals surface area contributed by atoms with Crippen LogP contribution in [0.5, 0.6) is 0 Å². The number of fused-ring (bicyclic) bond motifs is 5. The maximum Gasteiger partial charge on any atom is 0.173 e. The van der Waals surface area contributed by atoms with Crippen LogP contribution in [0.25, 0.3) is 5.57 Å². The Labute approximate surface area is 137 Å². The van der Waals surface area contributed by atoms with Gasteiger partial charge in [0.05, 0.1) is 29.6 Å². The zero-order valence-corrected chi connectivity index (χ0v) is 14.1. The van der Waals surface area contributed by atoms with Crippen LogP contribution >= 0.6 is 0 Å². The summed E-state index contributed by atoms with van der Waals surface area (Å²) in [7, 11) is 0. The number of hydrogen-bond acceptors (Lipinski definition) is 3. The number of benzene rings is 1. The molecule has 2 bridgehead atoms. The summed E-state index contributed by atoms with van der Waals surface area (Å²) < 4.78 is 5.88. The van der Waals surface area contributed by atoms with Gasteiger partial charge in [0.25, 0.3) is 0 Å². The van der Waals surface area contributed by atoms with Crippen molar-refractivity contribution >= 4 is 11.4 Å². The predicted octanol–water partition coefficient (Wildman–Crippen LogP) is 3.77. The molecule has 0 aromatic heterocycles. The Hall–Kier alpha value is -1.61. The molecule has 1 aliphatic carbocycles. The van der Waals surface area contributed by atoms with Gasteiger partial charge in [-0.05, 0) is 49.3 Å². The second-order valence-electron chi connectivity index (χ2n) is 7.13. The molecule has 122 valence electrons. The number of Topliss-reactive ketones (excluding diaryl/α,β-unsaturated/α-hetero) is 1. The molecule has 3 nitrogen and oxygen atoms in total. The van der Waals surface area contributed by atoms with Gasteiger partial charge in [-0.1, -0.05) is 31.5 Å². The van der Waals surface area contributed by atoms with Gasteiger partial charge in [0, 0.05) is 0 Å². The fraction of sp³-hybridized carbons (Fsp3) is 0.550. The number of aliphatic hydroxyl groups excluding tert-OH is 1. The highest BCUT2D eigenvalue weighted by molar-refractivity contribution is 6.26. The number of carbonyl (C=O) groups excluding carboxylic acids is 1. The number of rotatable bonds is 3. The van der Waals surface area contributed by atoms with Crippen molar-refractivity contribution in [3.8, 4) is 0 Å². The van der Waals surface area contributed by atoms with Crippen molar-refractivity contribution in [1.82, 2.24) is 0 Å². The van der Waals surface area contributed by atoms with E-state index in [0.717, 1.165) is 31.2 Å². The number of allylic oxidation sites excluding steroid dienone is 1. The highest BCUT2D eigenvalue weighted by Gasteiger charge is 2.59. The Kier molecular flexibility index (Phi) is 3.38. The SMILES string of the molecule is CCc1cc(C)cc(CC)c1C1=C(O)C2[C@H]3CC[C@H](O3)[C@H]2C1=O. The third kappa shape index (κ3) is 1.96. The summed E-state index contributed by atoms with van der Waals surface area (Å²) in [5.74, 6) is 0.139. The third-order valence-corrected chi connectivity index (χ3v) is 5.85. The molecule has 4 atom stereocenters. The van der Waals surface area contributed by atoms with Gasteiger partial charge in [-0.15, -0.1) is 0 Å². The zero-order chi connectivity index (χ0) is 16.3. The van der Waals surface area contributed by atoms with Crippen molar-refractivity contribution in [2.45, 2.75) is 58.7 Å². The van der Waals surface area contributed by atoms with Crippen molar-refractivity contribution < 1.29 is 14.6 Å². The Morgan fingerprint density at radius 3 is 2.17 bits per heavy atom. The molecule has 0 saturated carbocycles. The van der Waals surface area contributed by atoms with Crippen LogP contribution in [-0.2, 0) is 22.4 Å². The molecule has 1 aromatic carbocycles. The van der Waals surface area contributed by atoms with Gasteiger partial charge < -0.3 is 9.84 Å². The molecule has 2 saturated heterocycles. The van der Waals surface area contributed by atoms with Crippen LogP contribution in [0.15, 0.2) is 17.9 Å². The third-order valence-electron chi connectivity index (χ3n) is 5.85. The van der Waals surface area contributed by atoms with Crippen LogP contribution in [-0.4, -0.2) is 23.1 Å². The van der Waals surface area contributed by atoms with Gasteiger partial charge in [-0.2, -0.15) is 0 Å². The highest BCUT2D eigenvalue weighted by Crippen LogP contribution is 2.54. The Morgan fingerprint density at radius 1 is 1.09 bits per heavy atom. The van der Waals surface area contributed by atoms with E-state index >= 15 is 0 Å². The minimum atomic E-state index is -0.153. The summed E-state index contributed by atoms with van der Waals surface area (Å²) in [6.45, 7) is 6.32. The van der Waals surface area contributed by atoms with Gasteiger partial charge in [0.1, 0.15) is 5.76 Å². The lowest BCUT2D eigenvalue weighted by atomic mass is 9.80. The van der Waals surface area contributed by atoms with E-state index in [9.17, 15) is 9.90 Å². The highest BCUT2D eigenvalue weighted by atomic mass is 16.5. The molecule has 1 aromatic rings. The van der Waals surface area contributed by atoms with Crippen LogP contribution in [0.2, 0.25) is 0 Å². The quantitative estimate of drug-likeness (QED) is 0.924. The first-order chi connectivity index (χ1) is 11.1. The normalized spacial score (nSPS) is 32.0. The van der Waals surface area contributed by atoms with E-state index in [-0.39, 0.29) is 29.8 Å². The van der Waals surface area contributed by atoms with E-state index in [0.29, 0.717) is 11.3 Å². The molecule has 1 N–H and O–H groups in total. The molecule has 0 spiro atoms. The first-order valence-electron chi connectivity index (χ1n) is 8.82. The number of hydrogen-bond donors (Lipinski definition) is 1. The smallest absolute Gasteiger partial charge is 0.173 e. The van der Waals surface area contributed by atoms with Crippen molar-refractivity contribution in [2.24, 2.45) is 11.8 Å². The molecule has 4 rings (SSSR count). The average molecular weight is 312 g/mol. The fourth-order valence-electron chi connectivity index (χ4n) is 4.89. The Morgan fingerprint density at radius 2 is 1.65 bits per heavy atom. The van der Waals surface area contributed by atoms with E-state index in [1.807, 2.05) is 0 Å². The molecule has 1 unspecified atom stereocenters. The van der Waals surface area contributed by atoms with Gasteiger partial charge in [0.15, 0.2) is 5.78 Å². The average Bonchev–Trinajstić information content (AvgIpc) is 3.21. The molecule has 0 amide bonds. The standard InChI is InChI=1S/C20H24O3/c1-4-11-8-10(3)9-12(5-2)15(11)18-19(21)16-13-6-7-14(23-13)17(16)20(18)22/h8-9,13-14,16-17,21H,4-7H2,1-3H3/t13-,14+,16?,17-/m1/s1. The second kappa shape index (κ2) is 5.20. The lowest BCUT2D eigenvalue weighted by molar-refractivity contribution is -0.118. The van der Waals surface area contributed by atoms with Crippen LogP contribution in [0, 0.1) is 18.8 Å². The van der Waals surface area contributed by atoms with E-state index in [1.165, 1.54) is 16.7 Å². The molecule has 0 radical (unpaired) electrons. The van der Waals surface area contributed by atoms with Gasteiger partial charge in [0.2, 0.25) is 0 Å². The van der Waals surface area contributed by atoms with Crippen LogP contribution in [0.4, 0.5) is 0 Å². The summed E-state index contributed by atoms with van der Waals surface area (Å²) >= 11 is 0. The largest absolute Gasteiger partial charge is 0.511 e. The number of aliphatic hydroxyl groups is 1. The van der Waals surface area contributed by atoms with Gasteiger partial charge in [-0.3, -0.25) is 4.79 Å². The molecule has 3 aliphatic rings. The zero-order valence-electron chi connectivity index (χ0n) is 14.1. The molecule has 2 aliphatic heterocycles. The van der Waals surface area contributed by atoms with Crippen molar-refractivity contribution in [1.29, 1.82) is 0 Å². The maximum atomic E-state index is 13.1. The van der Waals surface area contributed by atoms with Crippen molar-refractivity contribution in [2.75, 3.05) is 0 Å². The number of carbonyl (C=O) groups is 1. The van der Waals surface area contributed by atoms with Crippen molar-refractivity contribution in [3.63, 3.8) is 0 Å². The maximum absolute atomic E-state index is 13.1. The fourth-order valence-corrected chi connectivity index (χ4v) is 4.89. The monoisotopic (exact) mass is 312 g/mol. The first kappa shape index (κ1) is 14.9. The van der Waals surface area contributed by atoms with E-state index in [4.69, 9.17) is 4.74 Å². The van der Waals surface area contributed by atoms with Crippen molar-refractivity contribution in [3.05, 3.63) is 40.1 Å². The lowest BCUT2D eigenvalue weighted by Crippen LogP contribution is -2.29. The van der Waals surface area contributed by atoms with E-state index in [1.54, 1.807) is 0 Å². The summed E-state index contributed by atoms with van der Waals surface area (Å²) in [5.41, 5.74) is 5.15. The first-order valence-corrected chi connectivity index (χ1v) is 8.82. The van der Waals surface area contributed by atoms with Crippen LogP contribution in [0.1, 0.15) is 48.9 Å².